The van der Waals surface area contributed by atoms with E-state index < -0.39 is 6.09 Å². The van der Waals surface area contributed by atoms with Crippen LogP contribution in [-0.4, -0.2) is 24.4 Å². The first-order valence-electron chi connectivity index (χ1n) is 2.80. The Labute approximate surface area is 53.6 Å². The van der Waals surface area contributed by atoms with E-state index in [1.165, 1.54) is 0 Å². The van der Waals surface area contributed by atoms with Crippen LogP contribution in [0.3, 0.4) is 0 Å². The second-order valence-electron chi connectivity index (χ2n) is 1.60. The Balaban J connectivity index is 2.83. The molecule has 0 atom stereocenters. The maximum Gasteiger partial charge on any atom is 0.404 e. The zero-order valence-electron chi connectivity index (χ0n) is 5.17. The molecule has 0 aromatic heterocycles. The van der Waals surface area contributed by atoms with Gasteiger partial charge in [0.1, 0.15) is 0 Å². The highest BCUT2D eigenvalue weighted by Gasteiger charge is 1.90. The maximum absolute atomic E-state index is 9.90. The summed E-state index contributed by atoms with van der Waals surface area (Å²) >= 11 is 0. The van der Waals surface area contributed by atoms with Crippen LogP contribution in [0.15, 0.2) is 0 Å². The fourth-order valence-electron chi connectivity index (χ4n) is 0.387. The highest BCUT2D eigenvalue weighted by molar-refractivity contribution is 5.64. The summed E-state index contributed by atoms with van der Waals surface area (Å²) in [6, 6.07) is 0. The molecule has 0 aliphatic heterocycles. The Morgan fingerprint density at radius 2 is 2.22 bits per heavy atom. The number of aliphatic hydroxyl groups excluding tert-OH is 1. The number of nitrogens with two attached hydrogens (primary N) is 1. The lowest BCUT2D eigenvalue weighted by molar-refractivity contribution is 0.151. The quantitative estimate of drug-likeness (QED) is 0.524. The molecular weight excluding hydrogens is 122 g/mol. The molecule has 0 aromatic rings. The molecule has 0 unspecified atom stereocenters. The van der Waals surface area contributed by atoms with Crippen molar-refractivity contribution < 1.29 is 14.6 Å². The number of carbonyl (C=O) groups excluding carboxylic acids is 1. The first-order chi connectivity index (χ1) is 4.27. The van der Waals surface area contributed by atoms with Crippen LogP contribution >= 0.6 is 0 Å². The van der Waals surface area contributed by atoms with Crippen LogP contribution in [0, 0.1) is 0 Å². The fourth-order valence-corrected chi connectivity index (χ4v) is 0.387. The van der Waals surface area contributed by atoms with Gasteiger partial charge in [0.15, 0.2) is 0 Å². The van der Waals surface area contributed by atoms with Crippen molar-refractivity contribution in [1.82, 2.24) is 0 Å². The number of primary amides is 1. The standard InChI is InChI=1S/C5H11NO3/c6-5(8)9-4-2-1-3-7/h7H,1-4H2,(H2,6,8). The molecule has 0 saturated heterocycles. The molecule has 0 fully saturated rings. The lowest BCUT2D eigenvalue weighted by Crippen LogP contribution is -2.13. The monoisotopic (exact) mass is 133 g/mol. The topological polar surface area (TPSA) is 72.6 Å². The number of rotatable bonds is 4. The Hall–Kier alpha value is -0.770. The van der Waals surface area contributed by atoms with Gasteiger partial charge in [0.2, 0.25) is 0 Å². The second-order valence-corrected chi connectivity index (χ2v) is 1.60. The number of ether oxygens (including phenoxy) is 1. The average Bonchev–Trinajstić information content (AvgIpc) is 1.80. The Morgan fingerprint density at radius 1 is 1.56 bits per heavy atom. The van der Waals surface area contributed by atoms with E-state index in [-0.39, 0.29) is 6.61 Å². The van der Waals surface area contributed by atoms with Crippen molar-refractivity contribution in [2.24, 2.45) is 5.73 Å². The van der Waals surface area contributed by atoms with Crippen LogP contribution in [0.1, 0.15) is 12.8 Å². The van der Waals surface area contributed by atoms with Gasteiger partial charge < -0.3 is 15.6 Å². The van der Waals surface area contributed by atoms with Crippen LogP contribution in [0.25, 0.3) is 0 Å². The van der Waals surface area contributed by atoms with E-state index in [0.29, 0.717) is 19.4 Å². The van der Waals surface area contributed by atoms with Gasteiger partial charge in [-0.1, -0.05) is 0 Å². The second kappa shape index (κ2) is 5.37. The first kappa shape index (κ1) is 8.23. The Kier molecular flexibility index (Phi) is 4.91. The first-order valence-corrected chi connectivity index (χ1v) is 2.80. The van der Waals surface area contributed by atoms with E-state index in [1.54, 1.807) is 0 Å². The maximum atomic E-state index is 9.90. The summed E-state index contributed by atoms with van der Waals surface area (Å²) in [6.07, 6.45) is 0.556. The molecule has 0 heterocycles. The van der Waals surface area contributed by atoms with Gasteiger partial charge in [0.05, 0.1) is 6.61 Å². The molecule has 4 nitrogen and oxygen atoms in total. The van der Waals surface area contributed by atoms with Crippen LogP contribution in [-0.2, 0) is 4.74 Å². The summed E-state index contributed by atoms with van der Waals surface area (Å²) in [5.41, 5.74) is 4.65. The molecule has 9 heavy (non-hydrogen) atoms. The average molecular weight is 133 g/mol. The van der Waals surface area contributed by atoms with Gasteiger partial charge >= 0.3 is 6.09 Å². The van der Waals surface area contributed by atoms with Crippen LogP contribution < -0.4 is 5.73 Å². The minimum atomic E-state index is -0.757. The van der Waals surface area contributed by atoms with E-state index in [0.717, 1.165) is 0 Å². The zero-order valence-corrected chi connectivity index (χ0v) is 5.17. The number of amides is 1. The Bertz CT molecular complexity index is 84.3. The van der Waals surface area contributed by atoms with E-state index in [4.69, 9.17) is 5.11 Å². The SMILES string of the molecule is NC(=O)OCCCCO. The van der Waals surface area contributed by atoms with Gasteiger partial charge in [-0.05, 0) is 12.8 Å². The predicted molar refractivity (Wildman–Crippen MR) is 31.9 cm³/mol. The lowest BCUT2D eigenvalue weighted by atomic mass is 10.3. The summed E-state index contributed by atoms with van der Waals surface area (Å²) in [7, 11) is 0. The molecule has 0 saturated carbocycles. The number of aliphatic hydroxyl groups is 1. The smallest absolute Gasteiger partial charge is 0.404 e. The van der Waals surface area contributed by atoms with Crippen molar-refractivity contribution in [3.8, 4) is 0 Å². The third kappa shape index (κ3) is 7.23. The third-order valence-electron chi connectivity index (χ3n) is 0.797. The molecule has 0 bridgehead atoms. The minimum Gasteiger partial charge on any atom is -0.450 e. The molecule has 0 rings (SSSR count). The van der Waals surface area contributed by atoms with Gasteiger partial charge in [-0.15, -0.1) is 0 Å². The summed E-state index contributed by atoms with van der Waals surface area (Å²) in [5.74, 6) is 0. The molecule has 0 spiro atoms. The summed E-state index contributed by atoms with van der Waals surface area (Å²) in [5, 5.41) is 8.26. The van der Waals surface area contributed by atoms with Gasteiger partial charge in [-0.3, -0.25) is 0 Å². The molecule has 0 aliphatic rings. The molecule has 1 amide bonds. The van der Waals surface area contributed by atoms with Crippen LogP contribution in [0.2, 0.25) is 0 Å². The molecule has 0 aliphatic carbocycles. The van der Waals surface area contributed by atoms with Gasteiger partial charge in [-0.2, -0.15) is 0 Å². The van der Waals surface area contributed by atoms with E-state index in [1.807, 2.05) is 0 Å². The van der Waals surface area contributed by atoms with Gasteiger partial charge in [-0.25, -0.2) is 4.79 Å². The van der Waals surface area contributed by atoms with Crippen LogP contribution in [0.5, 0.6) is 0 Å². The van der Waals surface area contributed by atoms with Crippen molar-refractivity contribution in [3.05, 3.63) is 0 Å². The molecule has 0 aromatic carbocycles. The van der Waals surface area contributed by atoms with Crippen molar-refractivity contribution in [3.63, 3.8) is 0 Å². The summed E-state index contributed by atoms with van der Waals surface area (Å²) in [4.78, 5) is 9.90. The summed E-state index contributed by atoms with van der Waals surface area (Å²) < 4.78 is 4.37. The fraction of sp³-hybridized carbons (Fsp3) is 0.800. The van der Waals surface area contributed by atoms with Crippen molar-refractivity contribution in [1.29, 1.82) is 0 Å². The normalized spacial score (nSPS) is 9.00. The number of hydrogen-bond donors (Lipinski definition) is 2. The van der Waals surface area contributed by atoms with Crippen LogP contribution in [0.4, 0.5) is 4.79 Å². The predicted octanol–water partition coefficient (Wildman–Crippen LogP) is -0.146. The number of unbranched alkanes of at least 4 members (excludes halogenated alkanes) is 1. The highest BCUT2D eigenvalue weighted by Crippen LogP contribution is 1.86. The van der Waals surface area contributed by atoms with Crippen molar-refractivity contribution >= 4 is 6.09 Å². The Morgan fingerprint density at radius 3 is 2.67 bits per heavy atom. The molecule has 3 N–H and O–H groups in total. The molecule has 54 valence electrons. The summed E-state index contributed by atoms with van der Waals surface area (Å²) in [6.45, 7) is 0.429. The van der Waals surface area contributed by atoms with Crippen molar-refractivity contribution in [2.45, 2.75) is 12.8 Å². The van der Waals surface area contributed by atoms with Crippen molar-refractivity contribution in [2.75, 3.05) is 13.2 Å². The lowest BCUT2D eigenvalue weighted by Gasteiger charge is -1.97. The zero-order chi connectivity index (χ0) is 7.11. The molecule has 4 heteroatoms. The molecular formula is C5H11NO3. The van der Waals surface area contributed by atoms with E-state index >= 15 is 0 Å². The highest BCUT2D eigenvalue weighted by atomic mass is 16.5. The van der Waals surface area contributed by atoms with E-state index in [9.17, 15) is 4.79 Å². The van der Waals surface area contributed by atoms with E-state index in [2.05, 4.69) is 10.5 Å². The third-order valence-corrected chi connectivity index (χ3v) is 0.797. The van der Waals surface area contributed by atoms with Gasteiger partial charge in [0, 0.05) is 6.61 Å². The minimum absolute atomic E-state index is 0.127. The molecule has 0 radical (unpaired) electrons. The van der Waals surface area contributed by atoms with Gasteiger partial charge in [0.25, 0.3) is 0 Å². The number of carbonyl (C=O) groups is 1. The largest absolute Gasteiger partial charge is 0.450 e. The number of hydrogen-bond acceptors (Lipinski definition) is 3.